The van der Waals surface area contributed by atoms with Gasteiger partial charge in [0.15, 0.2) is 11.5 Å². The van der Waals surface area contributed by atoms with Crippen LogP contribution in [0.3, 0.4) is 0 Å². The van der Waals surface area contributed by atoms with Crippen LogP contribution < -0.4 is 10.6 Å². The standard InChI is InChI=1S/C14H15FN6/c1-2-7-16-14-20-12-11(17-8-18-12)13(21-14)19-10-6-4-3-5-9(10)15/h3-6,8H,2,7H2,1H3,(H3,16,17,18,19,20,21). The van der Waals surface area contributed by atoms with Crippen molar-refractivity contribution in [3.8, 4) is 0 Å². The molecule has 0 unspecified atom stereocenters. The van der Waals surface area contributed by atoms with Crippen molar-refractivity contribution in [1.82, 2.24) is 19.9 Å². The van der Waals surface area contributed by atoms with Crippen LogP contribution in [0.2, 0.25) is 0 Å². The van der Waals surface area contributed by atoms with Crippen LogP contribution >= 0.6 is 0 Å². The first-order valence-electron chi connectivity index (χ1n) is 6.74. The van der Waals surface area contributed by atoms with Gasteiger partial charge in [-0.15, -0.1) is 0 Å². The summed E-state index contributed by atoms with van der Waals surface area (Å²) in [6, 6.07) is 6.44. The summed E-state index contributed by atoms with van der Waals surface area (Å²) in [6.45, 7) is 2.81. The minimum absolute atomic E-state index is 0.341. The highest BCUT2D eigenvalue weighted by atomic mass is 19.1. The molecule has 0 amide bonds. The molecule has 21 heavy (non-hydrogen) atoms. The second kappa shape index (κ2) is 5.74. The number of nitrogens with one attached hydrogen (secondary N) is 3. The van der Waals surface area contributed by atoms with Crippen LogP contribution in [0.25, 0.3) is 11.2 Å². The third kappa shape index (κ3) is 2.76. The largest absolute Gasteiger partial charge is 0.354 e. The third-order valence-electron chi connectivity index (χ3n) is 2.95. The van der Waals surface area contributed by atoms with Crippen molar-refractivity contribution in [2.75, 3.05) is 17.2 Å². The number of benzene rings is 1. The lowest BCUT2D eigenvalue weighted by Gasteiger charge is -2.09. The fraction of sp³-hybridized carbons (Fsp3) is 0.214. The molecular weight excluding hydrogens is 271 g/mol. The Bertz CT molecular complexity index is 754. The van der Waals surface area contributed by atoms with Gasteiger partial charge in [-0.05, 0) is 18.6 Å². The van der Waals surface area contributed by atoms with Gasteiger partial charge in [0, 0.05) is 6.54 Å². The quantitative estimate of drug-likeness (QED) is 0.672. The first-order chi connectivity index (χ1) is 10.3. The van der Waals surface area contributed by atoms with Crippen molar-refractivity contribution < 1.29 is 4.39 Å². The van der Waals surface area contributed by atoms with Gasteiger partial charge in [0.2, 0.25) is 5.95 Å². The van der Waals surface area contributed by atoms with Gasteiger partial charge < -0.3 is 15.6 Å². The van der Waals surface area contributed by atoms with Crippen molar-refractivity contribution in [3.63, 3.8) is 0 Å². The van der Waals surface area contributed by atoms with Crippen LogP contribution in [-0.2, 0) is 0 Å². The minimum atomic E-state index is -0.341. The van der Waals surface area contributed by atoms with Gasteiger partial charge in [-0.25, -0.2) is 9.37 Å². The van der Waals surface area contributed by atoms with Gasteiger partial charge in [0.1, 0.15) is 11.3 Å². The summed E-state index contributed by atoms with van der Waals surface area (Å²) in [5, 5.41) is 6.09. The molecule has 0 bridgehead atoms. The van der Waals surface area contributed by atoms with E-state index in [9.17, 15) is 4.39 Å². The van der Waals surface area contributed by atoms with Crippen molar-refractivity contribution in [1.29, 1.82) is 0 Å². The molecule has 0 aliphatic carbocycles. The van der Waals surface area contributed by atoms with Crippen molar-refractivity contribution >= 4 is 28.6 Å². The lowest BCUT2D eigenvalue weighted by atomic mass is 10.3. The second-order valence-corrected chi connectivity index (χ2v) is 4.53. The van der Waals surface area contributed by atoms with Crippen molar-refractivity contribution in [3.05, 3.63) is 36.4 Å². The maximum Gasteiger partial charge on any atom is 0.226 e. The van der Waals surface area contributed by atoms with Gasteiger partial charge in [-0.3, -0.25) is 0 Å². The normalized spacial score (nSPS) is 10.8. The van der Waals surface area contributed by atoms with E-state index in [4.69, 9.17) is 0 Å². The van der Waals surface area contributed by atoms with Crippen LogP contribution in [-0.4, -0.2) is 26.5 Å². The zero-order valence-corrected chi connectivity index (χ0v) is 11.5. The molecule has 1 aromatic carbocycles. The Hall–Kier alpha value is -2.70. The summed E-state index contributed by atoms with van der Waals surface area (Å²) >= 11 is 0. The zero-order valence-electron chi connectivity index (χ0n) is 11.5. The molecule has 0 atom stereocenters. The Balaban J connectivity index is 2.00. The number of halogens is 1. The van der Waals surface area contributed by atoms with Crippen LogP contribution in [0.1, 0.15) is 13.3 Å². The molecule has 0 saturated carbocycles. The molecule has 3 rings (SSSR count). The Morgan fingerprint density at radius 1 is 1.24 bits per heavy atom. The number of hydrogen-bond donors (Lipinski definition) is 3. The molecule has 3 aromatic rings. The first kappa shape index (κ1) is 13.3. The first-order valence-corrected chi connectivity index (χ1v) is 6.74. The van der Waals surface area contributed by atoms with E-state index in [-0.39, 0.29) is 5.82 Å². The lowest BCUT2D eigenvalue weighted by molar-refractivity contribution is 0.632. The summed E-state index contributed by atoms with van der Waals surface area (Å²) in [7, 11) is 0. The van der Waals surface area contributed by atoms with Crippen LogP contribution in [0, 0.1) is 5.82 Å². The Morgan fingerprint density at radius 2 is 2.10 bits per heavy atom. The number of rotatable bonds is 5. The summed E-state index contributed by atoms with van der Waals surface area (Å²) in [5.74, 6) is 0.614. The summed E-state index contributed by atoms with van der Waals surface area (Å²) in [5.41, 5.74) is 1.52. The maximum atomic E-state index is 13.8. The van der Waals surface area contributed by atoms with E-state index in [1.54, 1.807) is 18.2 Å². The number of H-pyrrole nitrogens is 1. The van der Waals surface area contributed by atoms with Crippen LogP contribution in [0.4, 0.5) is 21.8 Å². The van der Waals surface area contributed by atoms with Crippen molar-refractivity contribution in [2.24, 2.45) is 0 Å². The highest BCUT2D eigenvalue weighted by Gasteiger charge is 2.11. The molecule has 0 saturated heterocycles. The number of aromatic amines is 1. The smallest absolute Gasteiger partial charge is 0.226 e. The summed E-state index contributed by atoms with van der Waals surface area (Å²) < 4.78 is 13.8. The molecule has 0 aliphatic rings. The van der Waals surface area contributed by atoms with Crippen LogP contribution in [0.5, 0.6) is 0 Å². The number of aromatic nitrogens is 4. The number of hydrogen-bond acceptors (Lipinski definition) is 5. The average molecular weight is 286 g/mol. The van der Waals surface area contributed by atoms with E-state index in [0.29, 0.717) is 28.6 Å². The molecule has 0 aliphatic heterocycles. The Morgan fingerprint density at radius 3 is 2.90 bits per heavy atom. The second-order valence-electron chi connectivity index (χ2n) is 4.53. The van der Waals surface area contributed by atoms with Gasteiger partial charge >= 0.3 is 0 Å². The van der Waals surface area contributed by atoms with E-state index in [1.165, 1.54) is 12.4 Å². The average Bonchev–Trinajstić information content (AvgIpc) is 2.96. The zero-order chi connectivity index (χ0) is 14.7. The number of imidazole rings is 1. The maximum absolute atomic E-state index is 13.8. The van der Waals surface area contributed by atoms with E-state index < -0.39 is 0 Å². The van der Waals surface area contributed by atoms with Gasteiger partial charge in [0.05, 0.1) is 12.0 Å². The predicted molar refractivity (Wildman–Crippen MR) is 80.1 cm³/mol. The number of nitrogens with zero attached hydrogens (tertiary/aromatic N) is 3. The molecule has 0 fully saturated rings. The Labute approximate surface area is 120 Å². The summed E-state index contributed by atoms with van der Waals surface area (Å²) in [6.07, 6.45) is 2.49. The van der Waals surface area contributed by atoms with E-state index in [2.05, 4.69) is 37.5 Å². The molecule has 2 aromatic heterocycles. The highest BCUT2D eigenvalue weighted by Crippen LogP contribution is 2.24. The molecule has 3 N–H and O–H groups in total. The van der Waals surface area contributed by atoms with Crippen LogP contribution in [0.15, 0.2) is 30.6 Å². The minimum Gasteiger partial charge on any atom is -0.354 e. The fourth-order valence-corrected chi connectivity index (χ4v) is 1.93. The molecule has 2 heterocycles. The Kier molecular flexibility index (Phi) is 3.63. The monoisotopic (exact) mass is 286 g/mol. The molecular formula is C14H15FN6. The summed E-state index contributed by atoms with van der Waals surface area (Å²) in [4.78, 5) is 15.8. The number of anilines is 3. The molecule has 108 valence electrons. The van der Waals surface area contributed by atoms with Gasteiger partial charge in [0.25, 0.3) is 0 Å². The topological polar surface area (TPSA) is 78.5 Å². The fourth-order valence-electron chi connectivity index (χ4n) is 1.93. The van der Waals surface area contributed by atoms with E-state index in [0.717, 1.165) is 13.0 Å². The highest BCUT2D eigenvalue weighted by molar-refractivity contribution is 5.86. The molecule has 6 nitrogen and oxygen atoms in total. The predicted octanol–water partition coefficient (Wildman–Crippen LogP) is 3.06. The van der Waals surface area contributed by atoms with Gasteiger partial charge in [-0.1, -0.05) is 19.1 Å². The van der Waals surface area contributed by atoms with E-state index in [1.807, 2.05) is 0 Å². The molecule has 0 radical (unpaired) electrons. The number of fused-ring (bicyclic) bond motifs is 1. The van der Waals surface area contributed by atoms with Crippen molar-refractivity contribution in [2.45, 2.75) is 13.3 Å². The molecule has 7 heteroatoms. The SMILES string of the molecule is CCCNc1nc(Nc2ccccc2F)c2[nH]cnc2n1. The lowest BCUT2D eigenvalue weighted by Crippen LogP contribution is -2.07. The van der Waals surface area contributed by atoms with Gasteiger partial charge in [-0.2, -0.15) is 9.97 Å². The molecule has 0 spiro atoms. The van der Waals surface area contributed by atoms with E-state index >= 15 is 0 Å². The number of para-hydroxylation sites is 1. The third-order valence-corrected chi connectivity index (χ3v) is 2.95.